The summed E-state index contributed by atoms with van der Waals surface area (Å²) in [5, 5.41) is 9.32. The Morgan fingerprint density at radius 2 is 1.84 bits per heavy atom. The molecular weight excluding hydrogens is 406 g/mol. The van der Waals surface area contributed by atoms with E-state index in [1.54, 1.807) is 20.8 Å². The number of hydrogen-bond donors (Lipinski definition) is 1. The molecule has 0 unspecified atom stereocenters. The van der Waals surface area contributed by atoms with Gasteiger partial charge in [0.15, 0.2) is 0 Å². The minimum atomic E-state index is -1.02. The zero-order valence-corrected chi connectivity index (χ0v) is 16.3. The van der Waals surface area contributed by atoms with Crippen LogP contribution in [0.15, 0.2) is 41.0 Å². The molecule has 0 atom stereocenters. The van der Waals surface area contributed by atoms with Crippen molar-refractivity contribution in [3.05, 3.63) is 45.9 Å². The van der Waals surface area contributed by atoms with E-state index in [-0.39, 0.29) is 4.88 Å². The number of aromatic nitrogens is 1. The summed E-state index contributed by atoms with van der Waals surface area (Å²) in [6.45, 7) is 5.36. The molecule has 1 aromatic carbocycles. The Kier molecular flexibility index (Phi) is 4.47. The summed E-state index contributed by atoms with van der Waals surface area (Å²) in [7, 11) is 0. The standard InChI is InChI=1S/C18H16BrNO4S/c1-18(2,3)24-17(23)20-11-9-12(16(21)22)25-14(11)13(15(20)19)10-7-5-4-6-8-10/h4-9H,1-3H3,(H,21,22). The van der Waals surface area contributed by atoms with E-state index >= 15 is 0 Å². The maximum atomic E-state index is 12.7. The number of benzene rings is 1. The van der Waals surface area contributed by atoms with Crippen molar-refractivity contribution in [3.63, 3.8) is 0 Å². The Hall–Kier alpha value is -2.12. The molecule has 0 saturated heterocycles. The van der Waals surface area contributed by atoms with Gasteiger partial charge in [0.25, 0.3) is 0 Å². The fraction of sp³-hybridized carbons (Fsp3) is 0.222. The number of rotatable bonds is 2. The molecule has 1 N–H and O–H groups in total. The Labute approximate surface area is 157 Å². The van der Waals surface area contributed by atoms with E-state index in [1.807, 2.05) is 30.3 Å². The molecule has 130 valence electrons. The van der Waals surface area contributed by atoms with E-state index < -0.39 is 17.7 Å². The summed E-state index contributed by atoms with van der Waals surface area (Å²) in [6.07, 6.45) is -0.554. The van der Waals surface area contributed by atoms with Gasteiger partial charge in [-0.3, -0.25) is 0 Å². The van der Waals surface area contributed by atoms with Gasteiger partial charge in [0.1, 0.15) is 15.1 Å². The van der Waals surface area contributed by atoms with Crippen molar-refractivity contribution in [2.75, 3.05) is 0 Å². The van der Waals surface area contributed by atoms with Gasteiger partial charge >= 0.3 is 12.1 Å². The quantitative estimate of drug-likeness (QED) is 0.583. The highest BCUT2D eigenvalue weighted by molar-refractivity contribution is 9.10. The maximum Gasteiger partial charge on any atom is 0.419 e. The number of nitrogens with zero attached hydrogens (tertiary/aromatic N) is 1. The topological polar surface area (TPSA) is 68.5 Å². The first-order valence-corrected chi connectivity index (χ1v) is 9.16. The monoisotopic (exact) mass is 421 g/mol. The SMILES string of the molecule is CC(C)(C)OC(=O)n1c(Br)c(-c2ccccc2)c2sc(C(=O)O)cc21. The molecule has 0 radical (unpaired) electrons. The van der Waals surface area contributed by atoms with E-state index in [0.29, 0.717) is 10.1 Å². The third-order valence-electron chi connectivity index (χ3n) is 3.43. The zero-order chi connectivity index (χ0) is 18.4. The van der Waals surface area contributed by atoms with Crippen molar-refractivity contribution in [1.82, 2.24) is 4.57 Å². The predicted molar refractivity (Wildman–Crippen MR) is 102 cm³/mol. The molecule has 0 bridgehead atoms. The number of fused-ring (bicyclic) bond motifs is 1. The van der Waals surface area contributed by atoms with E-state index in [0.717, 1.165) is 27.2 Å². The van der Waals surface area contributed by atoms with E-state index in [4.69, 9.17) is 4.74 Å². The number of carbonyl (C=O) groups excluding carboxylic acids is 1. The van der Waals surface area contributed by atoms with Crippen molar-refractivity contribution < 1.29 is 19.4 Å². The molecule has 2 heterocycles. The van der Waals surface area contributed by atoms with Gasteiger partial charge in [0, 0.05) is 5.56 Å². The first-order valence-electron chi connectivity index (χ1n) is 7.55. The number of halogens is 1. The minimum Gasteiger partial charge on any atom is -0.477 e. The molecule has 25 heavy (non-hydrogen) atoms. The van der Waals surface area contributed by atoms with Crippen LogP contribution < -0.4 is 0 Å². The van der Waals surface area contributed by atoms with Gasteiger partial charge in [-0.2, -0.15) is 0 Å². The van der Waals surface area contributed by atoms with Crippen molar-refractivity contribution in [1.29, 1.82) is 0 Å². The second kappa shape index (κ2) is 6.31. The van der Waals surface area contributed by atoms with Crippen molar-refractivity contribution in [2.24, 2.45) is 0 Å². The minimum absolute atomic E-state index is 0.173. The lowest BCUT2D eigenvalue weighted by molar-refractivity contribution is 0.0540. The van der Waals surface area contributed by atoms with Crippen LogP contribution in [0, 0.1) is 0 Å². The molecule has 0 saturated carbocycles. The van der Waals surface area contributed by atoms with E-state index in [1.165, 1.54) is 10.6 Å². The van der Waals surface area contributed by atoms with Gasteiger partial charge in [0.2, 0.25) is 0 Å². The first kappa shape index (κ1) is 17.7. The first-order chi connectivity index (χ1) is 11.7. The third kappa shape index (κ3) is 3.34. The summed E-state index contributed by atoms with van der Waals surface area (Å²) < 4.78 is 8.13. The zero-order valence-electron chi connectivity index (χ0n) is 13.9. The average Bonchev–Trinajstić information content (AvgIpc) is 3.02. The molecule has 5 nitrogen and oxygen atoms in total. The van der Waals surface area contributed by atoms with Gasteiger partial charge in [-0.25, -0.2) is 14.2 Å². The molecule has 0 fully saturated rings. The molecule has 0 aliphatic heterocycles. The average molecular weight is 422 g/mol. The fourth-order valence-electron chi connectivity index (χ4n) is 2.48. The third-order valence-corrected chi connectivity index (χ3v) is 5.31. The second-order valence-electron chi connectivity index (χ2n) is 6.48. The number of carbonyl (C=O) groups is 2. The van der Waals surface area contributed by atoms with Crippen molar-refractivity contribution in [3.8, 4) is 11.1 Å². The summed E-state index contributed by atoms with van der Waals surface area (Å²) >= 11 is 4.64. The van der Waals surface area contributed by atoms with Crippen LogP contribution in [-0.2, 0) is 4.74 Å². The van der Waals surface area contributed by atoms with Crippen LogP contribution in [0.3, 0.4) is 0 Å². The van der Waals surface area contributed by atoms with Gasteiger partial charge in [-0.15, -0.1) is 11.3 Å². The molecule has 2 aromatic heterocycles. The smallest absolute Gasteiger partial charge is 0.419 e. The van der Waals surface area contributed by atoms with Crippen molar-refractivity contribution in [2.45, 2.75) is 26.4 Å². The number of hydrogen-bond acceptors (Lipinski definition) is 4. The molecule has 0 spiro atoms. The lowest BCUT2D eigenvalue weighted by atomic mass is 10.1. The van der Waals surface area contributed by atoms with Crippen LogP contribution in [-0.4, -0.2) is 27.3 Å². The lowest BCUT2D eigenvalue weighted by Crippen LogP contribution is -2.27. The van der Waals surface area contributed by atoms with Gasteiger partial charge in [-0.1, -0.05) is 30.3 Å². The highest BCUT2D eigenvalue weighted by atomic mass is 79.9. The fourth-order valence-corrected chi connectivity index (χ4v) is 4.43. The van der Waals surface area contributed by atoms with Crippen LogP contribution in [0.25, 0.3) is 21.3 Å². The number of ether oxygens (including phenoxy) is 1. The van der Waals surface area contributed by atoms with Gasteiger partial charge in [-0.05, 0) is 48.3 Å². The Morgan fingerprint density at radius 3 is 2.40 bits per heavy atom. The van der Waals surface area contributed by atoms with Gasteiger partial charge < -0.3 is 9.84 Å². The van der Waals surface area contributed by atoms with Crippen molar-refractivity contribution >= 4 is 49.5 Å². The van der Waals surface area contributed by atoms with E-state index in [2.05, 4.69) is 15.9 Å². The number of carboxylic acid groups (broad SMARTS) is 1. The molecule has 0 aliphatic carbocycles. The lowest BCUT2D eigenvalue weighted by Gasteiger charge is -2.20. The predicted octanol–water partition coefficient (Wildman–Crippen LogP) is 5.61. The molecule has 0 aliphatic rings. The molecule has 3 rings (SSSR count). The summed E-state index contributed by atoms with van der Waals surface area (Å²) in [6, 6.07) is 11.0. The summed E-state index contributed by atoms with van der Waals surface area (Å²) in [5.74, 6) is -1.02. The number of aromatic carboxylic acids is 1. The highest BCUT2D eigenvalue weighted by Crippen LogP contribution is 2.42. The Balaban J connectivity index is 2.28. The summed E-state index contributed by atoms with van der Waals surface area (Å²) in [4.78, 5) is 24.2. The summed E-state index contributed by atoms with van der Waals surface area (Å²) in [5.41, 5.74) is 1.52. The molecular formula is C18H16BrNO4S. The number of carboxylic acids is 1. The molecule has 3 aromatic rings. The molecule has 0 amide bonds. The van der Waals surface area contributed by atoms with E-state index in [9.17, 15) is 14.7 Å². The number of thiophene rings is 1. The normalized spacial score (nSPS) is 11.7. The van der Waals surface area contributed by atoms with Gasteiger partial charge in [0.05, 0.1) is 10.2 Å². The van der Waals surface area contributed by atoms with Crippen LogP contribution in [0.5, 0.6) is 0 Å². The van der Waals surface area contributed by atoms with Crippen LogP contribution >= 0.6 is 27.3 Å². The Bertz CT molecular complexity index is 967. The van der Waals surface area contributed by atoms with Crippen LogP contribution in [0.4, 0.5) is 4.79 Å². The Morgan fingerprint density at radius 1 is 1.20 bits per heavy atom. The molecule has 7 heteroatoms. The highest BCUT2D eigenvalue weighted by Gasteiger charge is 2.27. The van der Waals surface area contributed by atoms with Crippen LogP contribution in [0.2, 0.25) is 0 Å². The second-order valence-corrected chi connectivity index (χ2v) is 8.28. The van der Waals surface area contributed by atoms with Crippen LogP contribution in [0.1, 0.15) is 30.4 Å². The largest absolute Gasteiger partial charge is 0.477 e. The maximum absolute atomic E-state index is 12.7.